The third-order valence-electron chi connectivity index (χ3n) is 2.45. The van der Waals surface area contributed by atoms with E-state index in [9.17, 15) is 0 Å². The normalized spacial score (nSPS) is 10.7. The van der Waals surface area contributed by atoms with Gasteiger partial charge in [-0.15, -0.1) is 0 Å². The fourth-order valence-electron chi connectivity index (χ4n) is 1.72. The van der Waals surface area contributed by atoms with Crippen LogP contribution in [0.1, 0.15) is 18.1 Å². The van der Waals surface area contributed by atoms with Crippen molar-refractivity contribution in [1.29, 1.82) is 0 Å². The number of nitrogens with zero attached hydrogens (tertiary/aromatic N) is 1. The lowest BCUT2D eigenvalue weighted by molar-refractivity contribution is 1.15. The van der Waals surface area contributed by atoms with Gasteiger partial charge in [-0.25, -0.2) is 4.98 Å². The first-order chi connectivity index (χ1) is 6.70. The molecule has 0 atom stereocenters. The largest absolute Gasteiger partial charge is 0.384 e. The maximum atomic E-state index is 5.73. The zero-order chi connectivity index (χ0) is 10.1. The average Bonchev–Trinajstić information content (AvgIpc) is 2.17. The van der Waals surface area contributed by atoms with E-state index in [2.05, 4.69) is 31.0 Å². The SMILES string of the molecule is CCc1cc(N)nc2ccc(C)cc12. The summed E-state index contributed by atoms with van der Waals surface area (Å²) in [5.74, 6) is 0.609. The zero-order valence-electron chi connectivity index (χ0n) is 8.54. The lowest BCUT2D eigenvalue weighted by Gasteiger charge is -2.06. The van der Waals surface area contributed by atoms with Crippen molar-refractivity contribution in [3.8, 4) is 0 Å². The molecule has 14 heavy (non-hydrogen) atoms. The zero-order valence-corrected chi connectivity index (χ0v) is 8.54. The second-order valence-corrected chi connectivity index (χ2v) is 3.58. The van der Waals surface area contributed by atoms with Crippen LogP contribution in [0.5, 0.6) is 0 Å². The van der Waals surface area contributed by atoms with Gasteiger partial charge in [0.05, 0.1) is 5.52 Å². The number of anilines is 1. The van der Waals surface area contributed by atoms with Gasteiger partial charge in [-0.1, -0.05) is 18.6 Å². The average molecular weight is 186 g/mol. The lowest BCUT2D eigenvalue weighted by atomic mass is 10.0. The predicted molar refractivity (Wildman–Crippen MR) is 60.3 cm³/mol. The molecule has 1 heterocycles. The molecule has 0 saturated heterocycles. The first kappa shape index (κ1) is 9.00. The van der Waals surface area contributed by atoms with Crippen LogP contribution in [0.15, 0.2) is 24.3 Å². The smallest absolute Gasteiger partial charge is 0.124 e. The molecule has 2 nitrogen and oxygen atoms in total. The molecular formula is C12H14N2. The Morgan fingerprint density at radius 2 is 2.07 bits per heavy atom. The minimum atomic E-state index is 0.609. The summed E-state index contributed by atoms with van der Waals surface area (Å²) in [6, 6.07) is 8.22. The van der Waals surface area contributed by atoms with Crippen molar-refractivity contribution in [3.05, 3.63) is 35.4 Å². The molecule has 0 amide bonds. The number of aryl methyl sites for hydroxylation is 2. The molecular weight excluding hydrogens is 172 g/mol. The van der Waals surface area contributed by atoms with Crippen LogP contribution in [-0.4, -0.2) is 4.98 Å². The molecule has 0 aliphatic carbocycles. The number of nitrogens with two attached hydrogens (primary N) is 1. The van der Waals surface area contributed by atoms with Crippen LogP contribution in [0, 0.1) is 6.92 Å². The maximum Gasteiger partial charge on any atom is 0.124 e. The summed E-state index contributed by atoms with van der Waals surface area (Å²) in [5.41, 5.74) is 9.26. The summed E-state index contributed by atoms with van der Waals surface area (Å²) in [4.78, 5) is 4.30. The fourth-order valence-corrected chi connectivity index (χ4v) is 1.72. The number of pyridine rings is 1. The van der Waals surface area contributed by atoms with E-state index in [1.54, 1.807) is 0 Å². The van der Waals surface area contributed by atoms with Crippen molar-refractivity contribution < 1.29 is 0 Å². The Morgan fingerprint density at radius 1 is 1.29 bits per heavy atom. The molecule has 0 radical (unpaired) electrons. The number of benzene rings is 1. The van der Waals surface area contributed by atoms with Gasteiger partial charge < -0.3 is 5.73 Å². The summed E-state index contributed by atoms with van der Waals surface area (Å²) >= 11 is 0. The van der Waals surface area contributed by atoms with Crippen molar-refractivity contribution in [2.45, 2.75) is 20.3 Å². The Bertz CT molecular complexity index is 475. The highest BCUT2D eigenvalue weighted by Gasteiger charge is 2.02. The Labute approximate surface area is 83.8 Å². The molecule has 0 aliphatic heterocycles. The van der Waals surface area contributed by atoms with E-state index < -0.39 is 0 Å². The number of aromatic nitrogens is 1. The van der Waals surface area contributed by atoms with Gasteiger partial charge in [-0.3, -0.25) is 0 Å². The molecule has 2 heteroatoms. The highest BCUT2D eigenvalue weighted by Crippen LogP contribution is 2.21. The van der Waals surface area contributed by atoms with Gasteiger partial charge in [0.1, 0.15) is 5.82 Å². The van der Waals surface area contributed by atoms with Crippen molar-refractivity contribution in [2.75, 3.05) is 5.73 Å². The molecule has 2 N–H and O–H groups in total. The van der Waals surface area contributed by atoms with Crippen LogP contribution in [0.2, 0.25) is 0 Å². The third kappa shape index (κ3) is 1.43. The van der Waals surface area contributed by atoms with Crippen molar-refractivity contribution in [1.82, 2.24) is 4.98 Å². The van der Waals surface area contributed by atoms with E-state index in [-0.39, 0.29) is 0 Å². The molecule has 0 aliphatic rings. The number of hydrogen-bond donors (Lipinski definition) is 1. The van der Waals surface area contributed by atoms with E-state index in [0.717, 1.165) is 11.9 Å². The van der Waals surface area contributed by atoms with Gasteiger partial charge in [-0.05, 0) is 37.1 Å². The summed E-state index contributed by atoms with van der Waals surface area (Å²) in [6.45, 7) is 4.23. The highest BCUT2D eigenvalue weighted by molar-refractivity contribution is 5.84. The van der Waals surface area contributed by atoms with E-state index in [1.165, 1.54) is 16.5 Å². The van der Waals surface area contributed by atoms with Gasteiger partial charge in [-0.2, -0.15) is 0 Å². The first-order valence-corrected chi connectivity index (χ1v) is 4.86. The molecule has 0 bridgehead atoms. The standard InChI is InChI=1S/C12H14N2/c1-3-9-7-12(13)14-11-5-4-8(2)6-10(9)11/h4-7H,3H2,1-2H3,(H2,13,14). The Balaban J connectivity index is 2.81. The van der Waals surface area contributed by atoms with Gasteiger partial charge in [0.2, 0.25) is 0 Å². The van der Waals surface area contributed by atoms with Crippen molar-refractivity contribution >= 4 is 16.7 Å². The van der Waals surface area contributed by atoms with Crippen LogP contribution < -0.4 is 5.73 Å². The number of rotatable bonds is 1. The molecule has 2 rings (SSSR count). The minimum absolute atomic E-state index is 0.609. The highest BCUT2D eigenvalue weighted by atomic mass is 14.8. The monoisotopic (exact) mass is 186 g/mol. The molecule has 0 saturated carbocycles. The van der Waals surface area contributed by atoms with Crippen molar-refractivity contribution in [2.24, 2.45) is 0 Å². The lowest BCUT2D eigenvalue weighted by Crippen LogP contribution is -1.94. The van der Waals surface area contributed by atoms with Crippen molar-refractivity contribution in [3.63, 3.8) is 0 Å². The predicted octanol–water partition coefficient (Wildman–Crippen LogP) is 2.69. The van der Waals surface area contributed by atoms with Crippen LogP contribution in [0.4, 0.5) is 5.82 Å². The Hall–Kier alpha value is -1.57. The molecule has 0 unspecified atom stereocenters. The number of fused-ring (bicyclic) bond motifs is 1. The second-order valence-electron chi connectivity index (χ2n) is 3.58. The third-order valence-corrected chi connectivity index (χ3v) is 2.45. The van der Waals surface area contributed by atoms with Crippen LogP contribution in [0.25, 0.3) is 10.9 Å². The second kappa shape index (κ2) is 3.29. The van der Waals surface area contributed by atoms with Gasteiger partial charge in [0.25, 0.3) is 0 Å². The molecule has 0 spiro atoms. The van der Waals surface area contributed by atoms with Gasteiger partial charge in [0, 0.05) is 5.39 Å². The summed E-state index contributed by atoms with van der Waals surface area (Å²) in [5, 5.41) is 1.22. The minimum Gasteiger partial charge on any atom is -0.384 e. The fraction of sp³-hybridized carbons (Fsp3) is 0.250. The summed E-state index contributed by atoms with van der Waals surface area (Å²) in [7, 11) is 0. The molecule has 0 fully saturated rings. The summed E-state index contributed by atoms with van der Waals surface area (Å²) < 4.78 is 0. The molecule has 2 aromatic rings. The van der Waals surface area contributed by atoms with E-state index >= 15 is 0 Å². The number of hydrogen-bond acceptors (Lipinski definition) is 2. The van der Waals surface area contributed by atoms with Gasteiger partial charge >= 0.3 is 0 Å². The van der Waals surface area contributed by atoms with Crippen LogP contribution >= 0.6 is 0 Å². The molecule has 1 aromatic heterocycles. The summed E-state index contributed by atoms with van der Waals surface area (Å²) in [6.07, 6.45) is 0.993. The van der Waals surface area contributed by atoms with Crippen LogP contribution in [0.3, 0.4) is 0 Å². The Kier molecular flexibility index (Phi) is 2.12. The van der Waals surface area contributed by atoms with Crippen LogP contribution in [-0.2, 0) is 6.42 Å². The molecule has 72 valence electrons. The molecule has 1 aromatic carbocycles. The maximum absolute atomic E-state index is 5.73. The first-order valence-electron chi connectivity index (χ1n) is 4.86. The van der Waals surface area contributed by atoms with E-state index in [4.69, 9.17) is 5.73 Å². The Morgan fingerprint density at radius 3 is 2.79 bits per heavy atom. The van der Waals surface area contributed by atoms with E-state index in [0.29, 0.717) is 5.82 Å². The quantitative estimate of drug-likeness (QED) is 0.743. The van der Waals surface area contributed by atoms with E-state index in [1.807, 2.05) is 12.1 Å². The topological polar surface area (TPSA) is 38.9 Å². The number of nitrogen functional groups attached to an aromatic ring is 1. The van der Waals surface area contributed by atoms with Gasteiger partial charge in [0.15, 0.2) is 0 Å².